The maximum absolute atomic E-state index is 12.4. The Morgan fingerprint density at radius 3 is 2.70 bits per heavy atom. The van der Waals surface area contributed by atoms with Crippen LogP contribution in [-0.4, -0.2) is 48.6 Å². The van der Waals surface area contributed by atoms with Gasteiger partial charge in [-0.05, 0) is 49.9 Å². The van der Waals surface area contributed by atoms with E-state index in [9.17, 15) is 9.59 Å². The molecule has 0 spiro atoms. The molecule has 1 aliphatic heterocycles. The monoisotopic (exact) mass is 388 g/mol. The van der Waals surface area contributed by atoms with Crippen molar-refractivity contribution in [3.05, 3.63) is 34.8 Å². The highest BCUT2D eigenvalue weighted by Crippen LogP contribution is 2.29. The van der Waals surface area contributed by atoms with Crippen LogP contribution >= 0.6 is 11.3 Å². The molecular formula is C20H24N2O4S. The summed E-state index contributed by atoms with van der Waals surface area (Å²) in [6, 6.07) is 7.49. The molecule has 0 unspecified atom stereocenters. The number of rotatable bonds is 5. The molecule has 0 saturated carbocycles. The maximum Gasteiger partial charge on any atom is 0.350 e. The van der Waals surface area contributed by atoms with Crippen LogP contribution in [0.25, 0.3) is 10.6 Å². The number of methoxy groups -OCH3 is 1. The highest BCUT2D eigenvalue weighted by Gasteiger charge is 2.23. The zero-order valence-electron chi connectivity index (χ0n) is 15.9. The molecule has 1 fully saturated rings. The van der Waals surface area contributed by atoms with Crippen LogP contribution in [0.2, 0.25) is 0 Å². The Labute approximate surface area is 163 Å². The first-order chi connectivity index (χ1) is 13.0. The highest BCUT2D eigenvalue weighted by molar-refractivity contribution is 7.17. The van der Waals surface area contributed by atoms with Crippen molar-refractivity contribution in [3.8, 4) is 16.3 Å². The van der Waals surface area contributed by atoms with Gasteiger partial charge in [-0.2, -0.15) is 0 Å². The van der Waals surface area contributed by atoms with Gasteiger partial charge < -0.3 is 14.4 Å². The van der Waals surface area contributed by atoms with Crippen molar-refractivity contribution in [3.63, 3.8) is 0 Å². The molecule has 0 bridgehead atoms. The Morgan fingerprint density at radius 1 is 1.30 bits per heavy atom. The number of likely N-dealkylation sites (tertiary alicyclic amines) is 1. The number of hydrogen-bond donors (Lipinski definition) is 0. The van der Waals surface area contributed by atoms with Gasteiger partial charge in [-0.3, -0.25) is 4.79 Å². The average Bonchev–Trinajstić information content (AvgIpc) is 3.07. The van der Waals surface area contributed by atoms with Crippen molar-refractivity contribution in [2.75, 3.05) is 26.8 Å². The normalized spacial score (nSPS) is 16.9. The third kappa shape index (κ3) is 4.66. The predicted octanol–water partition coefficient (Wildman–Crippen LogP) is 3.54. The number of nitrogens with zero attached hydrogens (tertiary/aromatic N) is 2. The second-order valence-corrected chi connectivity index (χ2v) is 7.82. The number of amides is 1. The van der Waals surface area contributed by atoms with Crippen molar-refractivity contribution in [1.82, 2.24) is 9.88 Å². The Kier molecular flexibility index (Phi) is 6.11. The van der Waals surface area contributed by atoms with Crippen LogP contribution < -0.4 is 4.74 Å². The lowest BCUT2D eigenvalue weighted by molar-refractivity contribution is -0.136. The number of carbonyl (C=O) groups is 2. The number of aryl methyl sites for hydroxylation is 1. The lowest BCUT2D eigenvalue weighted by Gasteiger charge is -2.30. The predicted molar refractivity (Wildman–Crippen MR) is 104 cm³/mol. The van der Waals surface area contributed by atoms with Gasteiger partial charge in [0.1, 0.15) is 15.6 Å². The smallest absolute Gasteiger partial charge is 0.350 e. The van der Waals surface area contributed by atoms with Crippen LogP contribution in [0.3, 0.4) is 0 Å². The Bertz CT molecular complexity index is 816. The van der Waals surface area contributed by atoms with Crippen LogP contribution in [0.5, 0.6) is 5.75 Å². The highest BCUT2D eigenvalue weighted by atomic mass is 32.1. The van der Waals surface area contributed by atoms with Gasteiger partial charge in [0.2, 0.25) is 0 Å². The number of aromatic nitrogens is 1. The number of benzene rings is 1. The molecule has 1 aliphatic rings. The van der Waals surface area contributed by atoms with E-state index in [1.807, 2.05) is 24.3 Å². The van der Waals surface area contributed by atoms with Gasteiger partial charge in [0.15, 0.2) is 6.61 Å². The molecule has 2 aromatic rings. The summed E-state index contributed by atoms with van der Waals surface area (Å²) >= 11 is 1.27. The number of hydrogen-bond acceptors (Lipinski definition) is 6. The largest absolute Gasteiger partial charge is 0.497 e. The third-order valence-electron chi connectivity index (χ3n) is 4.66. The molecule has 1 aromatic carbocycles. The van der Waals surface area contributed by atoms with Crippen molar-refractivity contribution in [1.29, 1.82) is 0 Å². The minimum Gasteiger partial charge on any atom is -0.497 e. The molecule has 0 aliphatic carbocycles. The summed E-state index contributed by atoms with van der Waals surface area (Å²) in [5, 5.41) is 0.735. The molecule has 6 nitrogen and oxygen atoms in total. The van der Waals surface area contributed by atoms with Crippen LogP contribution in [0.15, 0.2) is 24.3 Å². The van der Waals surface area contributed by atoms with E-state index in [4.69, 9.17) is 9.47 Å². The third-order valence-corrected chi connectivity index (χ3v) is 5.84. The summed E-state index contributed by atoms with van der Waals surface area (Å²) in [5.74, 6) is 0.627. The Hall–Kier alpha value is -2.41. The van der Waals surface area contributed by atoms with E-state index in [0.29, 0.717) is 16.5 Å². The first-order valence-electron chi connectivity index (χ1n) is 9.04. The standard InChI is InChI=1S/C20H24N2O4S/c1-13-5-4-10-22(11-13)17(23)12-26-20(24)18-14(2)21-19(27-18)15-6-8-16(25-3)9-7-15/h6-9,13H,4-5,10-12H2,1-3H3/t13-/m0/s1. The van der Waals surface area contributed by atoms with E-state index in [-0.39, 0.29) is 12.5 Å². The molecule has 1 amide bonds. The van der Waals surface area contributed by atoms with E-state index in [0.717, 1.165) is 42.3 Å². The molecule has 144 valence electrons. The van der Waals surface area contributed by atoms with Crippen LogP contribution in [-0.2, 0) is 9.53 Å². The zero-order valence-corrected chi connectivity index (χ0v) is 16.7. The molecular weight excluding hydrogens is 364 g/mol. The van der Waals surface area contributed by atoms with Gasteiger partial charge in [-0.25, -0.2) is 9.78 Å². The quantitative estimate of drug-likeness (QED) is 0.733. The van der Waals surface area contributed by atoms with Crippen LogP contribution in [0.1, 0.15) is 35.1 Å². The molecule has 27 heavy (non-hydrogen) atoms. The fraction of sp³-hybridized carbons (Fsp3) is 0.450. The van der Waals surface area contributed by atoms with Crippen LogP contribution in [0.4, 0.5) is 0 Å². The lowest BCUT2D eigenvalue weighted by Crippen LogP contribution is -2.41. The van der Waals surface area contributed by atoms with Crippen molar-refractivity contribution < 1.29 is 19.1 Å². The van der Waals surface area contributed by atoms with Crippen LogP contribution in [0, 0.1) is 12.8 Å². The molecule has 0 radical (unpaired) electrons. The molecule has 0 N–H and O–H groups in total. The summed E-state index contributed by atoms with van der Waals surface area (Å²) in [4.78, 5) is 31.4. The van der Waals surface area contributed by atoms with Gasteiger partial charge in [0.25, 0.3) is 5.91 Å². The van der Waals surface area contributed by atoms with E-state index in [1.54, 1.807) is 18.9 Å². The van der Waals surface area contributed by atoms with Gasteiger partial charge >= 0.3 is 5.97 Å². The minimum atomic E-state index is -0.497. The van der Waals surface area contributed by atoms with Crippen molar-refractivity contribution in [2.24, 2.45) is 5.92 Å². The lowest BCUT2D eigenvalue weighted by atomic mass is 10.0. The second-order valence-electron chi connectivity index (χ2n) is 6.83. The Balaban J connectivity index is 1.63. The number of esters is 1. The maximum atomic E-state index is 12.4. The SMILES string of the molecule is COc1ccc(-c2nc(C)c(C(=O)OCC(=O)N3CCC[C@H](C)C3)s2)cc1. The molecule has 7 heteroatoms. The number of piperidine rings is 1. The van der Waals surface area contributed by atoms with Crippen molar-refractivity contribution >= 4 is 23.2 Å². The second kappa shape index (κ2) is 8.52. The summed E-state index contributed by atoms with van der Waals surface area (Å²) in [6.07, 6.45) is 2.14. The van der Waals surface area contributed by atoms with Crippen molar-refractivity contribution in [2.45, 2.75) is 26.7 Å². The van der Waals surface area contributed by atoms with Gasteiger partial charge in [0.05, 0.1) is 12.8 Å². The molecule has 1 atom stereocenters. The first kappa shape index (κ1) is 19.4. The Morgan fingerprint density at radius 2 is 2.04 bits per heavy atom. The fourth-order valence-corrected chi connectivity index (χ4v) is 4.11. The molecule has 3 rings (SSSR count). The van der Waals surface area contributed by atoms with E-state index in [2.05, 4.69) is 11.9 Å². The fourth-order valence-electron chi connectivity index (χ4n) is 3.14. The number of thiazole rings is 1. The van der Waals surface area contributed by atoms with Gasteiger partial charge in [-0.1, -0.05) is 6.92 Å². The first-order valence-corrected chi connectivity index (χ1v) is 9.86. The zero-order chi connectivity index (χ0) is 19.4. The summed E-state index contributed by atoms with van der Waals surface area (Å²) in [5.41, 5.74) is 1.51. The number of ether oxygens (including phenoxy) is 2. The molecule has 1 aromatic heterocycles. The summed E-state index contributed by atoms with van der Waals surface area (Å²) < 4.78 is 10.4. The summed E-state index contributed by atoms with van der Waals surface area (Å²) in [7, 11) is 1.61. The van der Waals surface area contributed by atoms with Gasteiger partial charge in [0, 0.05) is 18.7 Å². The molecule has 1 saturated heterocycles. The average molecular weight is 388 g/mol. The molecule has 2 heterocycles. The summed E-state index contributed by atoms with van der Waals surface area (Å²) in [6.45, 7) is 5.15. The minimum absolute atomic E-state index is 0.132. The topological polar surface area (TPSA) is 68.7 Å². The number of carbonyl (C=O) groups excluding carboxylic acids is 2. The van der Waals surface area contributed by atoms with E-state index < -0.39 is 5.97 Å². The van der Waals surface area contributed by atoms with E-state index in [1.165, 1.54) is 11.3 Å². The van der Waals surface area contributed by atoms with E-state index >= 15 is 0 Å². The van der Waals surface area contributed by atoms with Gasteiger partial charge in [-0.15, -0.1) is 11.3 Å².